The average molecular weight is 439 g/mol. The minimum Gasteiger partial charge on any atom is -0.396 e. The Labute approximate surface area is 160 Å². The van der Waals surface area contributed by atoms with Crippen LogP contribution in [0.3, 0.4) is 0 Å². The molecule has 0 radical (unpaired) electrons. The molecule has 0 unspecified atom stereocenters. The maximum atomic E-state index is 9.41. The summed E-state index contributed by atoms with van der Waals surface area (Å²) in [5.74, 6) is 1.65. The number of rotatable bonds is 9. The zero-order valence-corrected chi connectivity index (χ0v) is 17.7. The van der Waals surface area contributed by atoms with Crippen LogP contribution >= 0.6 is 24.0 Å². The first-order valence-electron chi connectivity index (χ1n) is 9.32. The van der Waals surface area contributed by atoms with Crippen molar-refractivity contribution in [2.75, 3.05) is 26.2 Å². The quantitative estimate of drug-likeness (QED) is 0.290. The molecule has 3 N–H and O–H groups in total. The predicted molar refractivity (Wildman–Crippen MR) is 111 cm³/mol. The van der Waals surface area contributed by atoms with E-state index in [-0.39, 0.29) is 36.0 Å². The maximum absolute atomic E-state index is 9.41. The van der Waals surface area contributed by atoms with Crippen molar-refractivity contribution in [2.45, 2.75) is 72.1 Å². The summed E-state index contributed by atoms with van der Waals surface area (Å²) in [6.45, 7) is 9.61. The van der Waals surface area contributed by atoms with Crippen LogP contribution in [0.1, 0.15) is 72.1 Å². The molecule has 1 aliphatic rings. The van der Waals surface area contributed by atoms with Crippen LogP contribution in [0, 0.1) is 11.3 Å². The molecule has 0 aromatic carbocycles. The first kappa shape index (κ1) is 23.0. The van der Waals surface area contributed by atoms with Gasteiger partial charge in [-0.1, -0.05) is 46.0 Å². The fourth-order valence-electron chi connectivity index (χ4n) is 3.43. The lowest BCUT2D eigenvalue weighted by Crippen LogP contribution is -2.41. The molecule has 1 saturated carbocycles. The Balaban J connectivity index is 0.00000484. The topological polar surface area (TPSA) is 56.7 Å². The van der Waals surface area contributed by atoms with Crippen molar-refractivity contribution in [3.63, 3.8) is 0 Å². The number of nitrogens with zero attached hydrogens (tertiary/aromatic N) is 1. The molecule has 0 spiro atoms. The number of aliphatic imine (C=N–C) groups is 1. The molecular formula is C18H38IN3O. The van der Waals surface area contributed by atoms with E-state index in [1.807, 2.05) is 0 Å². The van der Waals surface area contributed by atoms with Gasteiger partial charge in [-0.25, -0.2) is 0 Å². The minimum atomic E-state index is 0. The van der Waals surface area contributed by atoms with E-state index in [1.165, 1.54) is 44.9 Å². The molecular weight excluding hydrogens is 401 g/mol. The molecule has 0 saturated heterocycles. The Bertz CT molecular complexity index is 308. The average Bonchev–Trinajstić information content (AvgIpc) is 2.54. The fourth-order valence-corrected chi connectivity index (χ4v) is 3.43. The van der Waals surface area contributed by atoms with Crippen LogP contribution in [0.25, 0.3) is 0 Å². The molecule has 0 aliphatic heterocycles. The highest BCUT2D eigenvalue weighted by Crippen LogP contribution is 2.39. The van der Waals surface area contributed by atoms with Gasteiger partial charge >= 0.3 is 0 Å². The van der Waals surface area contributed by atoms with Crippen molar-refractivity contribution in [3.05, 3.63) is 0 Å². The molecule has 23 heavy (non-hydrogen) atoms. The fraction of sp³-hybridized carbons (Fsp3) is 0.944. The highest BCUT2D eigenvalue weighted by molar-refractivity contribution is 14.0. The van der Waals surface area contributed by atoms with Crippen molar-refractivity contribution in [2.24, 2.45) is 16.3 Å². The van der Waals surface area contributed by atoms with Crippen LogP contribution in [-0.4, -0.2) is 37.3 Å². The number of nitrogens with one attached hydrogen (secondary N) is 2. The van der Waals surface area contributed by atoms with Gasteiger partial charge in [-0.2, -0.15) is 0 Å². The number of hydrogen-bond acceptors (Lipinski definition) is 2. The summed E-state index contributed by atoms with van der Waals surface area (Å²) in [6, 6.07) is 0. The smallest absolute Gasteiger partial charge is 0.191 e. The summed E-state index contributed by atoms with van der Waals surface area (Å²) < 4.78 is 0. The second-order valence-electron chi connectivity index (χ2n) is 6.79. The lowest BCUT2D eigenvalue weighted by molar-refractivity contribution is 0.137. The lowest BCUT2D eigenvalue weighted by atomic mass is 9.72. The van der Waals surface area contributed by atoms with Gasteiger partial charge in [0.15, 0.2) is 5.96 Å². The SMILES string of the molecule is CCNC(=NCC1(CCO)CCCCC1)NCC(CC)CC.I. The molecule has 0 aromatic rings. The molecule has 1 aliphatic carbocycles. The molecule has 1 rings (SSSR count). The van der Waals surface area contributed by atoms with E-state index in [2.05, 4.69) is 31.4 Å². The van der Waals surface area contributed by atoms with Crippen LogP contribution in [0.2, 0.25) is 0 Å². The standard InChI is InChI=1S/C18H37N3O.HI/c1-4-16(5-2)14-20-17(19-6-3)21-15-18(12-13-22)10-8-7-9-11-18;/h16,22H,4-15H2,1-3H3,(H2,19,20,21);1H. The van der Waals surface area contributed by atoms with Gasteiger partial charge in [-0.15, -0.1) is 24.0 Å². The van der Waals surface area contributed by atoms with Gasteiger partial charge in [-0.3, -0.25) is 4.99 Å². The zero-order chi connectivity index (χ0) is 16.3. The number of aliphatic hydroxyl groups is 1. The molecule has 1 fully saturated rings. The molecule has 0 bridgehead atoms. The highest BCUT2D eigenvalue weighted by atomic mass is 127. The molecule has 4 nitrogen and oxygen atoms in total. The Kier molecular flexibility index (Phi) is 13.3. The minimum absolute atomic E-state index is 0. The summed E-state index contributed by atoms with van der Waals surface area (Å²) in [6.07, 6.45) is 9.63. The van der Waals surface area contributed by atoms with Crippen molar-refractivity contribution in [1.82, 2.24) is 10.6 Å². The third-order valence-electron chi connectivity index (χ3n) is 5.19. The summed E-state index contributed by atoms with van der Waals surface area (Å²) in [4.78, 5) is 4.85. The van der Waals surface area contributed by atoms with Crippen LogP contribution in [0.4, 0.5) is 0 Å². The van der Waals surface area contributed by atoms with Crippen LogP contribution < -0.4 is 10.6 Å². The van der Waals surface area contributed by atoms with E-state index in [1.54, 1.807) is 0 Å². The van der Waals surface area contributed by atoms with Crippen molar-refractivity contribution < 1.29 is 5.11 Å². The number of hydrogen-bond donors (Lipinski definition) is 3. The van der Waals surface area contributed by atoms with Crippen LogP contribution in [0.15, 0.2) is 4.99 Å². The Hall–Kier alpha value is -0.0400. The second-order valence-corrected chi connectivity index (χ2v) is 6.79. The summed E-state index contributed by atoms with van der Waals surface area (Å²) in [5, 5.41) is 16.3. The van der Waals surface area contributed by atoms with Gasteiger partial charge in [0, 0.05) is 26.2 Å². The van der Waals surface area contributed by atoms with Gasteiger partial charge in [0.05, 0.1) is 0 Å². The normalized spacial score (nSPS) is 17.7. The van der Waals surface area contributed by atoms with Gasteiger partial charge in [0.25, 0.3) is 0 Å². The van der Waals surface area contributed by atoms with E-state index in [9.17, 15) is 5.11 Å². The molecule has 138 valence electrons. The summed E-state index contributed by atoms with van der Waals surface area (Å²) in [7, 11) is 0. The van der Waals surface area contributed by atoms with Crippen molar-refractivity contribution in [1.29, 1.82) is 0 Å². The summed E-state index contributed by atoms with van der Waals surface area (Å²) >= 11 is 0. The molecule has 0 atom stereocenters. The van der Waals surface area contributed by atoms with Crippen molar-refractivity contribution >= 4 is 29.9 Å². The largest absolute Gasteiger partial charge is 0.396 e. The van der Waals surface area contributed by atoms with E-state index in [0.29, 0.717) is 5.92 Å². The van der Waals surface area contributed by atoms with E-state index in [0.717, 1.165) is 32.0 Å². The third-order valence-corrected chi connectivity index (χ3v) is 5.19. The number of guanidine groups is 1. The monoisotopic (exact) mass is 439 g/mol. The van der Waals surface area contributed by atoms with Crippen LogP contribution in [-0.2, 0) is 0 Å². The Morgan fingerprint density at radius 1 is 1.09 bits per heavy atom. The molecule has 0 heterocycles. The number of halogens is 1. The van der Waals surface area contributed by atoms with E-state index >= 15 is 0 Å². The second kappa shape index (κ2) is 13.3. The first-order chi connectivity index (χ1) is 10.7. The highest BCUT2D eigenvalue weighted by Gasteiger charge is 2.31. The zero-order valence-electron chi connectivity index (χ0n) is 15.4. The Morgan fingerprint density at radius 2 is 1.74 bits per heavy atom. The van der Waals surface area contributed by atoms with Crippen LogP contribution in [0.5, 0.6) is 0 Å². The predicted octanol–water partition coefficient (Wildman–Crippen LogP) is 3.93. The molecule has 0 amide bonds. The first-order valence-corrected chi connectivity index (χ1v) is 9.32. The number of aliphatic hydroxyl groups excluding tert-OH is 1. The molecule has 5 heteroatoms. The summed E-state index contributed by atoms with van der Waals surface area (Å²) in [5.41, 5.74) is 0.226. The molecule has 0 aromatic heterocycles. The van der Waals surface area contributed by atoms with Gasteiger partial charge in [-0.05, 0) is 37.5 Å². The van der Waals surface area contributed by atoms with Gasteiger partial charge in [0.1, 0.15) is 0 Å². The maximum Gasteiger partial charge on any atom is 0.191 e. The van der Waals surface area contributed by atoms with E-state index < -0.39 is 0 Å². The third kappa shape index (κ3) is 8.57. The Morgan fingerprint density at radius 3 is 2.26 bits per heavy atom. The van der Waals surface area contributed by atoms with Crippen molar-refractivity contribution in [3.8, 4) is 0 Å². The lowest BCUT2D eigenvalue weighted by Gasteiger charge is -2.35. The van der Waals surface area contributed by atoms with Gasteiger partial charge < -0.3 is 15.7 Å². The van der Waals surface area contributed by atoms with E-state index in [4.69, 9.17) is 4.99 Å². The van der Waals surface area contributed by atoms with Gasteiger partial charge in [0.2, 0.25) is 0 Å².